The molecule has 0 aliphatic carbocycles. The van der Waals surface area contributed by atoms with Gasteiger partial charge in [-0.25, -0.2) is 0 Å². The largest absolute Gasteiger partial charge is 0.351 e. The molecule has 0 bridgehead atoms. The summed E-state index contributed by atoms with van der Waals surface area (Å²) in [4.78, 5) is 12.3. The molecule has 3 aromatic rings. The molecule has 0 aliphatic heterocycles. The fraction of sp³-hybridized carbons (Fsp3) is 0.200. The molecule has 5 nitrogen and oxygen atoms in total. The van der Waals surface area contributed by atoms with Gasteiger partial charge < -0.3 is 9.88 Å². The molecule has 1 N–H and O–H groups in total. The van der Waals surface area contributed by atoms with Gasteiger partial charge in [-0.1, -0.05) is 6.07 Å². The van der Waals surface area contributed by atoms with Crippen LogP contribution in [-0.4, -0.2) is 20.3 Å². The molecule has 3 rings (SSSR count). The maximum absolute atomic E-state index is 12.3. The highest BCUT2D eigenvalue weighted by Gasteiger charge is 2.11. The van der Waals surface area contributed by atoms with Gasteiger partial charge in [0.2, 0.25) is 0 Å². The maximum atomic E-state index is 12.3. The Balaban J connectivity index is 1.92. The second kappa shape index (κ2) is 4.52. The Morgan fingerprint density at radius 1 is 1.25 bits per heavy atom. The molecule has 0 saturated carbocycles. The fourth-order valence-corrected chi connectivity index (χ4v) is 2.22. The second-order valence-corrected chi connectivity index (χ2v) is 4.92. The number of aryl methyl sites for hydroxylation is 2. The molecule has 2 heterocycles. The van der Waals surface area contributed by atoms with E-state index in [9.17, 15) is 4.79 Å². The van der Waals surface area contributed by atoms with Gasteiger partial charge in [-0.15, -0.1) is 0 Å². The predicted octanol–water partition coefficient (Wildman–Crippen LogP) is 2.47. The number of nitrogens with one attached hydrogen (secondary N) is 1. The first kappa shape index (κ1) is 12.5. The number of amides is 1. The molecule has 0 saturated heterocycles. The fourth-order valence-electron chi connectivity index (χ4n) is 2.22. The van der Waals surface area contributed by atoms with Gasteiger partial charge in [0, 0.05) is 31.4 Å². The topological polar surface area (TPSA) is 51.9 Å². The summed E-state index contributed by atoms with van der Waals surface area (Å²) in [7, 11) is 3.82. The van der Waals surface area contributed by atoms with Crippen molar-refractivity contribution in [2.45, 2.75) is 6.92 Å². The molecule has 1 aromatic carbocycles. The van der Waals surface area contributed by atoms with Gasteiger partial charge in [-0.3, -0.25) is 9.48 Å². The highest BCUT2D eigenvalue weighted by Crippen LogP contribution is 2.18. The number of hydrogen-bond donors (Lipinski definition) is 1. The van der Waals surface area contributed by atoms with Crippen LogP contribution in [0.4, 0.5) is 5.69 Å². The molecule has 0 atom stereocenters. The van der Waals surface area contributed by atoms with E-state index < -0.39 is 0 Å². The Morgan fingerprint density at radius 3 is 2.75 bits per heavy atom. The highest BCUT2D eigenvalue weighted by molar-refractivity contribution is 6.06. The number of hydrogen-bond acceptors (Lipinski definition) is 2. The Morgan fingerprint density at radius 2 is 2.05 bits per heavy atom. The molecular formula is C15H16N4O. The zero-order valence-electron chi connectivity index (χ0n) is 11.7. The summed E-state index contributed by atoms with van der Waals surface area (Å²) in [5.41, 5.74) is 3.35. The lowest BCUT2D eigenvalue weighted by Crippen LogP contribution is -2.12. The van der Waals surface area contributed by atoms with Crippen LogP contribution in [0.25, 0.3) is 10.9 Å². The number of nitrogens with zero attached hydrogens (tertiary/aromatic N) is 3. The van der Waals surface area contributed by atoms with Crippen LogP contribution in [0.2, 0.25) is 0 Å². The summed E-state index contributed by atoms with van der Waals surface area (Å²) in [5, 5.41) is 8.14. The number of carbonyl (C=O) groups is 1. The third-order valence-electron chi connectivity index (χ3n) is 3.63. The van der Waals surface area contributed by atoms with Gasteiger partial charge in [0.1, 0.15) is 0 Å². The van der Waals surface area contributed by atoms with Crippen molar-refractivity contribution in [1.29, 1.82) is 0 Å². The van der Waals surface area contributed by atoms with E-state index in [1.807, 2.05) is 56.0 Å². The molecular weight excluding hydrogens is 252 g/mol. The first-order valence-electron chi connectivity index (χ1n) is 6.41. The summed E-state index contributed by atoms with van der Waals surface area (Å²) in [6.07, 6.45) is 3.64. The molecule has 0 radical (unpaired) electrons. The Kier molecular flexibility index (Phi) is 2.82. The lowest BCUT2D eigenvalue weighted by Gasteiger charge is -2.05. The zero-order valence-corrected chi connectivity index (χ0v) is 11.7. The Hall–Kier alpha value is -2.56. The highest BCUT2D eigenvalue weighted by atomic mass is 16.1. The molecule has 20 heavy (non-hydrogen) atoms. The number of benzene rings is 1. The van der Waals surface area contributed by atoms with Gasteiger partial charge in [-0.2, -0.15) is 5.10 Å². The summed E-state index contributed by atoms with van der Waals surface area (Å²) >= 11 is 0. The van der Waals surface area contributed by atoms with Gasteiger partial charge >= 0.3 is 0 Å². The van der Waals surface area contributed by atoms with Crippen molar-refractivity contribution >= 4 is 22.5 Å². The molecule has 0 unspecified atom stereocenters. The van der Waals surface area contributed by atoms with Crippen LogP contribution in [0.15, 0.2) is 36.7 Å². The quantitative estimate of drug-likeness (QED) is 0.776. The van der Waals surface area contributed by atoms with Crippen molar-refractivity contribution in [3.8, 4) is 0 Å². The molecule has 5 heteroatoms. The average molecular weight is 268 g/mol. The summed E-state index contributed by atoms with van der Waals surface area (Å²) in [6.45, 7) is 1.92. The van der Waals surface area contributed by atoms with Crippen molar-refractivity contribution in [2.75, 3.05) is 5.32 Å². The molecule has 2 aromatic heterocycles. The lowest BCUT2D eigenvalue weighted by molar-refractivity contribution is 0.102. The summed E-state index contributed by atoms with van der Waals surface area (Å²) < 4.78 is 3.73. The second-order valence-electron chi connectivity index (χ2n) is 4.92. The van der Waals surface area contributed by atoms with Crippen molar-refractivity contribution < 1.29 is 4.79 Å². The van der Waals surface area contributed by atoms with Crippen LogP contribution < -0.4 is 5.32 Å². The average Bonchev–Trinajstić information content (AvgIpc) is 2.96. The molecule has 102 valence electrons. The number of aromatic nitrogens is 3. The zero-order chi connectivity index (χ0) is 14.3. The van der Waals surface area contributed by atoms with Crippen LogP contribution in [0.5, 0.6) is 0 Å². The van der Waals surface area contributed by atoms with E-state index in [-0.39, 0.29) is 5.91 Å². The van der Waals surface area contributed by atoms with Gasteiger partial charge in [0.15, 0.2) is 0 Å². The lowest BCUT2D eigenvalue weighted by atomic mass is 10.1. The van der Waals surface area contributed by atoms with Gasteiger partial charge in [0.05, 0.1) is 17.6 Å². The third kappa shape index (κ3) is 1.97. The van der Waals surface area contributed by atoms with E-state index in [2.05, 4.69) is 10.4 Å². The Bertz CT molecular complexity index is 797. The summed E-state index contributed by atoms with van der Waals surface area (Å²) in [6, 6.07) is 7.72. The standard InChI is InChI=1S/C15H16N4O/c1-10-13(9-16-19(10)3)17-15(20)12-5-4-11-6-7-18(2)14(11)8-12/h4-9H,1-3H3,(H,17,20). The van der Waals surface area contributed by atoms with Crippen molar-refractivity contribution in [1.82, 2.24) is 14.3 Å². The minimum Gasteiger partial charge on any atom is -0.351 e. The van der Waals surface area contributed by atoms with Crippen LogP contribution in [0.3, 0.4) is 0 Å². The number of fused-ring (bicyclic) bond motifs is 1. The molecule has 0 fully saturated rings. The van der Waals surface area contributed by atoms with E-state index >= 15 is 0 Å². The third-order valence-corrected chi connectivity index (χ3v) is 3.63. The first-order chi connectivity index (χ1) is 9.56. The van der Waals surface area contributed by atoms with Crippen LogP contribution in [-0.2, 0) is 14.1 Å². The SMILES string of the molecule is Cc1c(NC(=O)c2ccc3ccn(C)c3c2)cnn1C. The van der Waals surface area contributed by atoms with E-state index in [0.29, 0.717) is 5.56 Å². The van der Waals surface area contributed by atoms with E-state index in [0.717, 1.165) is 22.3 Å². The van der Waals surface area contributed by atoms with E-state index in [1.54, 1.807) is 10.9 Å². The smallest absolute Gasteiger partial charge is 0.255 e. The van der Waals surface area contributed by atoms with Gasteiger partial charge in [-0.05, 0) is 30.5 Å². The van der Waals surface area contributed by atoms with E-state index in [1.165, 1.54) is 0 Å². The minimum atomic E-state index is -0.121. The maximum Gasteiger partial charge on any atom is 0.255 e. The molecule has 1 amide bonds. The summed E-state index contributed by atoms with van der Waals surface area (Å²) in [5.74, 6) is -0.121. The van der Waals surface area contributed by atoms with E-state index in [4.69, 9.17) is 0 Å². The Labute approximate surface area is 116 Å². The van der Waals surface area contributed by atoms with Crippen LogP contribution in [0, 0.1) is 6.92 Å². The molecule has 0 aliphatic rings. The number of rotatable bonds is 2. The number of carbonyl (C=O) groups excluding carboxylic acids is 1. The minimum absolute atomic E-state index is 0.121. The van der Waals surface area contributed by atoms with Crippen LogP contribution >= 0.6 is 0 Å². The van der Waals surface area contributed by atoms with Crippen molar-refractivity contribution in [3.63, 3.8) is 0 Å². The predicted molar refractivity (Wildman–Crippen MR) is 78.8 cm³/mol. The van der Waals surface area contributed by atoms with Crippen LogP contribution in [0.1, 0.15) is 16.1 Å². The van der Waals surface area contributed by atoms with Gasteiger partial charge in [0.25, 0.3) is 5.91 Å². The monoisotopic (exact) mass is 268 g/mol. The normalized spacial score (nSPS) is 10.9. The molecule has 0 spiro atoms. The van der Waals surface area contributed by atoms with Crippen molar-refractivity contribution in [2.24, 2.45) is 14.1 Å². The van der Waals surface area contributed by atoms with Crippen molar-refractivity contribution in [3.05, 3.63) is 47.9 Å². The number of anilines is 1. The first-order valence-corrected chi connectivity index (χ1v) is 6.41.